The lowest BCUT2D eigenvalue weighted by atomic mass is 10.2. The van der Waals surface area contributed by atoms with E-state index < -0.39 is 15.9 Å². The molecule has 0 bridgehead atoms. The number of anilines is 2. The SMILES string of the molecule is COc1ccc(NC(C)=O)cc1NC(=O)CCNS(=O)(=O)c1cccc(Cl)c1. The second-order valence-corrected chi connectivity index (χ2v) is 7.95. The fourth-order valence-electron chi connectivity index (χ4n) is 2.32. The molecule has 0 aliphatic heterocycles. The maximum atomic E-state index is 12.2. The third kappa shape index (κ3) is 6.22. The van der Waals surface area contributed by atoms with Crippen molar-refractivity contribution in [3.63, 3.8) is 0 Å². The van der Waals surface area contributed by atoms with E-state index in [4.69, 9.17) is 16.3 Å². The van der Waals surface area contributed by atoms with Gasteiger partial charge in [-0.25, -0.2) is 13.1 Å². The van der Waals surface area contributed by atoms with E-state index in [0.29, 0.717) is 22.1 Å². The second kappa shape index (κ2) is 9.54. The van der Waals surface area contributed by atoms with Crippen LogP contribution in [0.5, 0.6) is 5.75 Å². The molecule has 0 aliphatic carbocycles. The number of sulfonamides is 1. The summed E-state index contributed by atoms with van der Waals surface area (Å²) in [4.78, 5) is 23.4. The highest BCUT2D eigenvalue weighted by Crippen LogP contribution is 2.28. The molecule has 0 fully saturated rings. The fraction of sp³-hybridized carbons (Fsp3) is 0.222. The molecule has 3 N–H and O–H groups in total. The van der Waals surface area contributed by atoms with Crippen LogP contribution < -0.4 is 20.1 Å². The summed E-state index contributed by atoms with van der Waals surface area (Å²) in [6.07, 6.45) is -0.104. The van der Waals surface area contributed by atoms with Crippen LogP contribution in [0.4, 0.5) is 11.4 Å². The van der Waals surface area contributed by atoms with Crippen LogP contribution in [0.25, 0.3) is 0 Å². The first-order chi connectivity index (χ1) is 13.2. The normalized spacial score (nSPS) is 11.0. The van der Waals surface area contributed by atoms with Crippen LogP contribution >= 0.6 is 11.6 Å². The van der Waals surface area contributed by atoms with Crippen LogP contribution in [0.1, 0.15) is 13.3 Å². The molecule has 2 rings (SSSR count). The van der Waals surface area contributed by atoms with E-state index in [1.165, 1.54) is 32.2 Å². The Kier molecular flexibility index (Phi) is 7.38. The minimum absolute atomic E-state index is 0.0186. The quantitative estimate of drug-likeness (QED) is 0.601. The number of carbonyl (C=O) groups excluding carboxylic acids is 2. The highest BCUT2D eigenvalue weighted by Gasteiger charge is 2.15. The second-order valence-electron chi connectivity index (χ2n) is 5.75. The molecule has 2 aromatic carbocycles. The van der Waals surface area contributed by atoms with Crippen molar-refractivity contribution in [2.24, 2.45) is 0 Å². The first kappa shape index (κ1) is 21.7. The number of rotatable bonds is 8. The van der Waals surface area contributed by atoms with Crippen molar-refractivity contribution in [3.05, 3.63) is 47.5 Å². The lowest BCUT2D eigenvalue weighted by Crippen LogP contribution is -2.28. The van der Waals surface area contributed by atoms with Gasteiger partial charge in [0, 0.05) is 30.6 Å². The van der Waals surface area contributed by atoms with E-state index in [-0.39, 0.29) is 23.8 Å². The molecule has 0 spiro atoms. The summed E-state index contributed by atoms with van der Waals surface area (Å²) in [6, 6.07) is 10.6. The first-order valence-corrected chi connectivity index (χ1v) is 10.1. The zero-order valence-electron chi connectivity index (χ0n) is 15.3. The number of ether oxygens (including phenoxy) is 1. The number of benzene rings is 2. The van der Waals surface area contributed by atoms with Crippen LogP contribution in [0.3, 0.4) is 0 Å². The zero-order chi connectivity index (χ0) is 20.7. The van der Waals surface area contributed by atoms with Crippen molar-refractivity contribution < 1.29 is 22.7 Å². The van der Waals surface area contributed by atoms with Gasteiger partial charge in [-0.15, -0.1) is 0 Å². The Morgan fingerprint density at radius 3 is 2.50 bits per heavy atom. The highest BCUT2D eigenvalue weighted by atomic mass is 35.5. The molecule has 10 heteroatoms. The van der Waals surface area contributed by atoms with E-state index in [1.54, 1.807) is 24.3 Å². The number of halogens is 1. The van der Waals surface area contributed by atoms with Crippen LogP contribution in [0.15, 0.2) is 47.4 Å². The van der Waals surface area contributed by atoms with Gasteiger partial charge in [0.2, 0.25) is 21.8 Å². The van der Waals surface area contributed by atoms with E-state index in [1.807, 2.05) is 0 Å². The first-order valence-electron chi connectivity index (χ1n) is 8.22. The molecule has 0 saturated carbocycles. The summed E-state index contributed by atoms with van der Waals surface area (Å²) in [5.74, 6) is -0.271. The number of amides is 2. The van der Waals surface area contributed by atoms with Crippen LogP contribution in [0, 0.1) is 0 Å². The lowest BCUT2D eigenvalue weighted by Gasteiger charge is -2.13. The summed E-state index contributed by atoms with van der Waals surface area (Å²) in [5, 5.41) is 5.54. The zero-order valence-corrected chi connectivity index (χ0v) is 16.9. The van der Waals surface area contributed by atoms with Crippen LogP contribution in [-0.4, -0.2) is 33.9 Å². The molecule has 0 atom stereocenters. The van der Waals surface area contributed by atoms with Gasteiger partial charge in [0.1, 0.15) is 5.75 Å². The highest BCUT2D eigenvalue weighted by molar-refractivity contribution is 7.89. The Hall–Kier alpha value is -2.62. The molecule has 2 amide bonds. The molecule has 0 aliphatic rings. The Morgan fingerprint density at radius 2 is 1.86 bits per heavy atom. The minimum Gasteiger partial charge on any atom is -0.495 e. The topological polar surface area (TPSA) is 114 Å². The molecule has 0 aromatic heterocycles. The summed E-state index contributed by atoms with van der Waals surface area (Å²) in [7, 11) is -2.32. The summed E-state index contributed by atoms with van der Waals surface area (Å²) in [6.45, 7) is 1.27. The van der Waals surface area contributed by atoms with Gasteiger partial charge >= 0.3 is 0 Å². The predicted octanol–water partition coefficient (Wildman–Crippen LogP) is 2.61. The predicted molar refractivity (Wildman–Crippen MR) is 107 cm³/mol. The summed E-state index contributed by atoms with van der Waals surface area (Å²) >= 11 is 5.80. The number of nitrogens with one attached hydrogen (secondary N) is 3. The smallest absolute Gasteiger partial charge is 0.240 e. The number of hydrogen-bond acceptors (Lipinski definition) is 5. The molecule has 0 saturated heterocycles. The fourth-order valence-corrected chi connectivity index (χ4v) is 3.65. The maximum absolute atomic E-state index is 12.2. The molecular formula is C18H20ClN3O5S. The third-order valence-corrected chi connectivity index (χ3v) is 5.24. The number of methoxy groups -OCH3 is 1. The van der Waals surface area contributed by atoms with Gasteiger partial charge in [-0.05, 0) is 36.4 Å². The van der Waals surface area contributed by atoms with Crippen LogP contribution in [-0.2, 0) is 19.6 Å². The van der Waals surface area contributed by atoms with Gasteiger partial charge in [0.15, 0.2) is 0 Å². The van der Waals surface area contributed by atoms with Crippen molar-refractivity contribution in [2.45, 2.75) is 18.2 Å². The van der Waals surface area contributed by atoms with Crippen molar-refractivity contribution in [1.82, 2.24) is 4.72 Å². The maximum Gasteiger partial charge on any atom is 0.240 e. The minimum atomic E-state index is -3.77. The van der Waals surface area contributed by atoms with Gasteiger partial charge in [0.05, 0.1) is 17.7 Å². The Morgan fingerprint density at radius 1 is 1.11 bits per heavy atom. The Balaban J connectivity index is 1.98. The third-order valence-electron chi connectivity index (χ3n) is 3.54. The summed E-state index contributed by atoms with van der Waals surface area (Å²) in [5.41, 5.74) is 0.849. The molecule has 150 valence electrons. The molecule has 8 nitrogen and oxygen atoms in total. The molecular weight excluding hydrogens is 406 g/mol. The summed E-state index contributed by atoms with van der Waals surface area (Å²) < 4.78 is 32.0. The van der Waals surface area contributed by atoms with E-state index in [2.05, 4.69) is 15.4 Å². The average molecular weight is 426 g/mol. The molecule has 28 heavy (non-hydrogen) atoms. The van der Waals surface area contributed by atoms with E-state index >= 15 is 0 Å². The standard InChI is InChI=1S/C18H20ClN3O5S/c1-12(23)21-14-6-7-17(27-2)16(11-14)22-18(24)8-9-20-28(25,26)15-5-3-4-13(19)10-15/h3-7,10-11,20H,8-9H2,1-2H3,(H,21,23)(H,22,24). The Labute approximate surface area is 168 Å². The Bertz CT molecular complexity index is 979. The van der Waals surface area contributed by atoms with Crippen molar-refractivity contribution in [3.8, 4) is 5.75 Å². The van der Waals surface area contributed by atoms with Gasteiger partial charge < -0.3 is 15.4 Å². The van der Waals surface area contributed by atoms with Crippen molar-refractivity contribution in [2.75, 3.05) is 24.3 Å². The van der Waals surface area contributed by atoms with E-state index in [9.17, 15) is 18.0 Å². The van der Waals surface area contributed by atoms with Crippen LogP contribution in [0.2, 0.25) is 5.02 Å². The van der Waals surface area contributed by atoms with Gasteiger partial charge in [-0.3, -0.25) is 9.59 Å². The van der Waals surface area contributed by atoms with Gasteiger partial charge in [-0.2, -0.15) is 0 Å². The van der Waals surface area contributed by atoms with Gasteiger partial charge in [-0.1, -0.05) is 17.7 Å². The molecule has 2 aromatic rings. The monoisotopic (exact) mass is 425 g/mol. The lowest BCUT2D eigenvalue weighted by molar-refractivity contribution is -0.116. The molecule has 0 radical (unpaired) electrons. The van der Waals surface area contributed by atoms with E-state index in [0.717, 1.165) is 0 Å². The molecule has 0 heterocycles. The largest absolute Gasteiger partial charge is 0.495 e. The number of hydrogen-bond donors (Lipinski definition) is 3. The van der Waals surface area contributed by atoms with Crippen molar-refractivity contribution >= 4 is 44.8 Å². The van der Waals surface area contributed by atoms with Crippen molar-refractivity contribution in [1.29, 1.82) is 0 Å². The van der Waals surface area contributed by atoms with Gasteiger partial charge in [0.25, 0.3) is 0 Å². The number of carbonyl (C=O) groups is 2. The average Bonchev–Trinajstić information content (AvgIpc) is 2.61. The molecule has 0 unspecified atom stereocenters.